The van der Waals surface area contributed by atoms with Gasteiger partial charge in [0.15, 0.2) is 0 Å². The second-order valence-electron chi connectivity index (χ2n) is 3.79. The topological polar surface area (TPSA) is 83.8 Å². The Morgan fingerprint density at radius 2 is 2.41 bits per heavy atom. The second-order valence-corrected chi connectivity index (χ2v) is 4.79. The van der Waals surface area contributed by atoms with Crippen molar-refractivity contribution < 1.29 is 4.79 Å². The van der Waals surface area contributed by atoms with Gasteiger partial charge in [-0.2, -0.15) is 5.10 Å². The minimum absolute atomic E-state index is 0.377. The molecule has 0 aliphatic heterocycles. The second kappa shape index (κ2) is 5.11. The number of carbonyl (C=O) groups is 1. The van der Waals surface area contributed by atoms with E-state index in [1.165, 1.54) is 11.3 Å². The summed E-state index contributed by atoms with van der Waals surface area (Å²) in [5.41, 5.74) is 7.98. The predicted molar refractivity (Wildman–Crippen MR) is 66.7 cm³/mol. The minimum atomic E-state index is -0.377. The van der Waals surface area contributed by atoms with E-state index in [9.17, 15) is 4.79 Å². The number of nitrogens with zero attached hydrogens (tertiary/aromatic N) is 1. The number of aromatic amines is 1. The molecule has 0 fully saturated rings. The number of nitrogens with one attached hydrogen (secondary N) is 2. The molecule has 4 N–H and O–H groups in total. The molecule has 6 heteroatoms. The zero-order chi connectivity index (χ0) is 12.3. The quantitative estimate of drug-likeness (QED) is 0.744. The number of carbonyl (C=O) groups excluding carboxylic acids is 1. The summed E-state index contributed by atoms with van der Waals surface area (Å²) in [4.78, 5) is 12.0. The Labute approximate surface area is 103 Å². The predicted octanol–water partition coefficient (Wildman–Crippen LogP) is 1.17. The Bertz CT molecular complexity index is 517. The summed E-state index contributed by atoms with van der Waals surface area (Å²) in [6, 6.07) is 1.82. The summed E-state index contributed by atoms with van der Waals surface area (Å²) in [5, 5.41) is 11.9. The lowest BCUT2D eigenvalue weighted by molar-refractivity contribution is 0.100. The maximum absolute atomic E-state index is 10.9. The molecule has 2 aromatic rings. The summed E-state index contributed by atoms with van der Waals surface area (Å²) >= 11 is 1.53. The molecule has 0 aromatic carbocycles. The molecule has 0 radical (unpaired) electrons. The zero-order valence-electron chi connectivity index (χ0n) is 9.49. The van der Waals surface area contributed by atoms with Gasteiger partial charge in [0.25, 0.3) is 0 Å². The third kappa shape index (κ3) is 2.92. The van der Waals surface area contributed by atoms with Gasteiger partial charge in [0.1, 0.15) is 0 Å². The van der Waals surface area contributed by atoms with Gasteiger partial charge in [0.2, 0.25) is 5.91 Å². The molecule has 0 saturated heterocycles. The number of hydrogen-bond donors (Lipinski definition) is 3. The fourth-order valence-corrected chi connectivity index (χ4v) is 2.32. The van der Waals surface area contributed by atoms with Crippen LogP contribution in [0.1, 0.15) is 26.5 Å². The van der Waals surface area contributed by atoms with E-state index in [0.29, 0.717) is 5.56 Å². The van der Waals surface area contributed by atoms with Crippen LogP contribution in [0, 0.1) is 6.92 Å². The largest absolute Gasteiger partial charge is 0.366 e. The van der Waals surface area contributed by atoms with Gasteiger partial charge in [-0.15, -0.1) is 11.3 Å². The first-order valence-corrected chi connectivity index (χ1v) is 6.11. The molecule has 0 atom stereocenters. The summed E-state index contributed by atoms with van der Waals surface area (Å²) in [7, 11) is 0. The number of nitrogens with two attached hydrogens (primary N) is 1. The highest BCUT2D eigenvalue weighted by atomic mass is 32.1. The normalized spacial score (nSPS) is 10.6. The van der Waals surface area contributed by atoms with Gasteiger partial charge in [0, 0.05) is 34.6 Å². The van der Waals surface area contributed by atoms with Gasteiger partial charge in [0.05, 0.1) is 11.8 Å². The van der Waals surface area contributed by atoms with E-state index >= 15 is 0 Å². The Balaban J connectivity index is 1.86. The molecule has 5 nitrogen and oxygen atoms in total. The zero-order valence-corrected chi connectivity index (χ0v) is 10.3. The van der Waals surface area contributed by atoms with E-state index < -0.39 is 0 Å². The Morgan fingerprint density at radius 3 is 3.00 bits per heavy atom. The fraction of sp³-hybridized carbons (Fsp3) is 0.273. The lowest BCUT2D eigenvalue weighted by Gasteiger charge is -2.01. The van der Waals surface area contributed by atoms with Crippen LogP contribution in [-0.4, -0.2) is 16.1 Å². The van der Waals surface area contributed by atoms with Gasteiger partial charge in [-0.1, -0.05) is 0 Å². The Morgan fingerprint density at radius 1 is 1.59 bits per heavy atom. The van der Waals surface area contributed by atoms with Gasteiger partial charge in [-0.05, 0) is 13.0 Å². The minimum Gasteiger partial charge on any atom is -0.366 e. The Kier molecular flexibility index (Phi) is 3.55. The number of aryl methyl sites for hydroxylation is 1. The van der Waals surface area contributed by atoms with Crippen LogP contribution in [0.25, 0.3) is 0 Å². The molecule has 1 amide bonds. The van der Waals surface area contributed by atoms with E-state index in [1.807, 2.05) is 19.2 Å². The number of aromatic nitrogens is 2. The van der Waals surface area contributed by atoms with Crippen LogP contribution in [0.4, 0.5) is 0 Å². The lowest BCUT2D eigenvalue weighted by Crippen LogP contribution is -2.12. The van der Waals surface area contributed by atoms with Crippen LogP contribution >= 0.6 is 11.3 Å². The van der Waals surface area contributed by atoms with Crippen molar-refractivity contribution in [2.45, 2.75) is 20.0 Å². The van der Waals surface area contributed by atoms with E-state index in [-0.39, 0.29) is 5.91 Å². The average Bonchev–Trinajstić information content (AvgIpc) is 2.89. The van der Waals surface area contributed by atoms with Crippen LogP contribution in [0.15, 0.2) is 17.6 Å². The molecule has 2 heterocycles. The monoisotopic (exact) mass is 250 g/mol. The van der Waals surface area contributed by atoms with E-state index in [0.717, 1.165) is 29.2 Å². The summed E-state index contributed by atoms with van der Waals surface area (Å²) in [5.74, 6) is -0.377. The first kappa shape index (κ1) is 11.8. The maximum atomic E-state index is 10.9. The number of hydrogen-bond acceptors (Lipinski definition) is 4. The number of rotatable bonds is 5. The highest BCUT2D eigenvalue weighted by Crippen LogP contribution is 2.14. The Hall–Kier alpha value is -1.66. The number of amides is 1. The molecule has 0 spiro atoms. The van der Waals surface area contributed by atoms with Crippen LogP contribution in [-0.2, 0) is 13.1 Å². The van der Waals surface area contributed by atoms with Crippen molar-refractivity contribution in [2.24, 2.45) is 5.73 Å². The van der Waals surface area contributed by atoms with Crippen molar-refractivity contribution >= 4 is 17.2 Å². The highest BCUT2D eigenvalue weighted by Gasteiger charge is 2.05. The molecular weight excluding hydrogens is 236 g/mol. The smallest absolute Gasteiger partial charge is 0.249 e. The molecule has 2 rings (SSSR count). The first-order chi connectivity index (χ1) is 8.16. The van der Waals surface area contributed by atoms with Crippen molar-refractivity contribution in [1.29, 1.82) is 0 Å². The molecule has 2 aromatic heterocycles. The molecule has 90 valence electrons. The van der Waals surface area contributed by atoms with Crippen molar-refractivity contribution in [1.82, 2.24) is 15.5 Å². The molecule has 0 aliphatic rings. The van der Waals surface area contributed by atoms with Gasteiger partial charge in [-0.25, -0.2) is 0 Å². The van der Waals surface area contributed by atoms with Crippen molar-refractivity contribution in [3.8, 4) is 0 Å². The molecule has 17 heavy (non-hydrogen) atoms. The van der Waals surface area contributed by atoms with E-state index in [4.69, 9.17) is 5.73 Å². The third-order valence-electron chi connectivity index (χ3n) is 2.49. The summed E-state index contributed by atoms with van der Waals surface area (Å²) in [6.07, 6.45) is 1.81. The fourth-order valence-electron chi connectivity index (χ4n) is 1.48. The maximum Gasteiger partial charge on any atom is 0.249 e. The van der Waals surface area contributed by atoms with Crippen molar-refractivity contribution in [3.63, 3.8) is 0 Å². The number of thiophene rings is 1. The molecular formula is C11H14N4OS. The SMILES string of the molecule is Cc1[nH]ncc1CNCc1cc(C(N)=O)cs1. The number of H-pyrrole nitrogens is 1. The summed E-state index contributed by atoms with van der Waals surface area (Å²) in [6.45, 7) is 3.47. The number of primary amides is 1. The van der Waals surface area contributed by atoms with E-state index in [1.54, 1.807) is 5.38 Å². The van der Waals surface area contributed by atoms with Crippen LogP contribution in [0.2, 0.25) is 0 Å². The van der Waals surface area contributed by atoms with Gasteiger partial charge >= 0.3 is 0 Å². The summed E-state index contributed by atoms with van der Waals surface area (Å²) < 4.78 is 0. The first-order valence-electron chi connectivity index (χ1n) is 5.23. The van der Waals surface area contributed by atoms with Crippen LogP contribution < -0.4 is 11.1 Å². The van der Waals surface area contributed by atoms with Gasteiger partial charge in [-0.3, -0.25) is 9.89 Å². The average molecular weight is 250 g/mol. The van der Waals surface area contributed by atoms with Crippen LogP contribution in [0.5, 0.6) is 0 Å². The molecule has 0 bridgehead atoms. The highest BCUT2D eigenvalue weighted by molar-refractivity contribution is 7.10. The third-order valence-corrected chi connectivity index (χ3v) is 3.42. The van der Waals surface area contributed by atoms with Crippen molar-refractivity contribution in [2.75, 3.05) is 0 Å². The van der Waals surface area contributed by atoms with Crippen molar-refractivity contribution in [3.05, 3.63) is 39.3 Å². The lowest BCUT2D eigenvalue weighted by atomic mass is 10.2. The molecule has 0 unspecified atom stereocenters. The van der Waals surface area contributed by atoms with E-state index in [2.05, 4.69) is 15.5 Å². The molecule has 0 saturated carbocycles. The molecule has 0 aliphatic carbocycles. The van der Waals surface area contributed by atoms with Gasteiger partial charge < -0.3 is 11.1 Å². The van der Waals surface area contributed by atoms with Crippen LogP contribution in [0.3, 0.4) is 0 Å². The standard InChI is InChI=1S/C11H14N4OS/c1-7-9(4-14-15-7)3-13-5-10-2-8(6-17-10)11(12)16/h2,4,6,13H,3,5H2,1H3,(H2,12,16)(H,14,15).